The van der Waals surface area contributed by atoms with Gasteiger partial charge in [0, 0.05) is 49.4 Å². The Bertz CT molecular complexity index is 1460. The highest BCUT2D eigenvalue weighted by atomic mass is 19.4. The van der Waals surface area contributed by atoms with Crippen LogP contribution in [0.3, 0.4) is 0 Å². The fourth-order valence-corrected chi connectivity index (χ4v) is 5.72. The van der Waals surface area contributed by atoms with Crippen LogP contribution in [-0.4, -0.2) is 27.1 Å². The first-order chi connectivity index (χ1) is 16.3. The minimum absolute atomic E-state index is 0.224. The van der Waals surface area contributed by atoms with E-state index in [0.29, 0.717) is 17.2 Å². The molecule has 4 aromatic rings. The molecule has 0 N–H and O–H groups in total. The normalized spacial score (nSPS) is 18.3. The molecule has 2 aliphatic rings. The minimum atomic E-state index is -4.38. The van der Waals surface area contributed by atoms with E-state index in [2.05, 4.69) is 28.6 Å². The topological polar surface area (TPSA) is 30.2 Å². The lowest BCUT2D eigenvalue weighted by molar-refractivity contribution is -0.137. The van der Waals surface area contributed by atoms with Crippen molar-refractivity contribution in [3.8, 4) is 16.8 Å². The van der Waals surface area contributed by atoms with Gasteiger partial charge in [0.1, 0.15) is 0 Å². The van der Waals surface area contributed by atoms with Crippen molar-refractivity contribution in [3.63, 3.8) is 0 Å². The molecule has 0 bridgehead atoms. The minimum Gasteiger partial charge on any atom is -0.347 e. The molecule has 6 rings (SSSR count). The van der Waals surface area contributed by atoms with Crippen molar-refractivity contribution < 1.29 is 13.2 Å². The number of hydrogen-bond acceptors (Lipinski definition) is 2. The van der Waals surface area contributed by atoms with E-state index in [4.69, 9.17) is 0 Å². The van der Waals surface area contributed by atoms with Gasteiger partial charge in [0.15, 0.2) is 0 Å². The molecule has 1 saturated heterocycles. The number of halogens is 3. The lowest BCUT2D eigenvalue weighted by atomic mass is 9.96. The molecular formula is C27H24F3N3O. The maximum atomic E-state index is 13.0. The SMILES string of the molecule is Cn1c2c(c3ccc(-n4ccc(-c5ccc(C(F)(F)F)cc5)cc4=O)cc31)C1CCCN1CC2. The molecule has 1 atom stereocenters. The van der Waals surface area contributed by atoms with Crippen molar-refractivity contribution in [1.29, 1.82) is 0 Å². The molecule has 1 unspecified atom stereocenters. The Kier molecular flexibility index (Phi) is 4.74. The quantitative estimate of drug-likeness (QED) is 0.381. The van der Waals surface area contributed by atoms with Crippen LogP contribution in [0.4, 0.5) is 13.2 Å². The van der Waals surface area contributed by atoms with Crippen LogP contribution in [-0.2, 0) is 19.6 Å². The molecule has 174 valence electrons. The van der Waals surface area contributed by atoms with Crippen molar-refractivity contribution >= 4 is 10.9 Å². The summed E-state index contributed by atoms with van der Waals surface area (Å²) in [5.41, 5.74) is 4.96. The largest absolute Gasteiger partial charge is 0.416 e. The van der Waals surface area contributed by atoms with Crippen LogP contribution in [0, 0.1) is 0 Å². The van der Waals surface area contributed by atoms with Gasteiger partial charge in [-0.05, 0) is 66.4 Å². The molecule has 2 aromatic carbocycles. The van der Waals surface area contributed by atoms with Crippen LogP contribution in [0.1, 0.15) is 35.7 Å². The lowest BCUT2D eigenvalue weighted by Crippen LogP contribution is -2.31. The van der Waals surface area contributed by atoms with Gasteiger partial charge in [-0.25, -0.2) is 0 Å². The van der Waals surface area contributed by atoms with E-state index < -0.39 is 11.7 Å². The van der Waals surface area contributed by atoms with Crippen LogP contribution in [0.5, 0.6) is 0 Å². The second-order valence-electron chi connectivity index (χ2n) is 9.26. The zero-order chi connectivity index (χ0) is 23.6. The van der Waals surface area contributed by atoms with Gasteiger partial charge >= 0.3 is 6.18 Å². The standard InChI is InChI=1S/C27H24F3N3O/c1-31-22-11-13-32-12-2-3-23(32)26(22)21-9-8-20(16-24(21)31)33-14-10-18(15-25(33)34)17-4-6-19(7-5-17)27(28,29)30/h4-10,14-16,23H,2-3,11-13H2,1H3. The Balaban J connectivity index is 1.37. The van der Waals surface area contributed by atoms with E-state index in [1.165, 1.54) is 54.2 Å². The zero-order valence-electron chi connectivity index (χ0n) is 18.8. The van der Waals surface area contributed by atoms with Crippen molar-refractivity contribution in [2.24, 2.45) is 7.05 Å². The molecule has 7 heteroatoms. The van der Waals surface area contributed by atoms with Gasteiger partial charge in [0.25, 0.3) is 5.56 Å². The van der Waals surface area contributed by atoms with Gasteiger partial charge in [-0.3, -0.25) is 14.3 Å². The molecule has 0 spiro atoms. The second-order valence-corrected chi connectivity index (χ2v) is 9.26. The Morgan fingerprint density at radius 1 is 0.941 bits per heavy atom. The van der Waals surface area contributed by atoms with Gasteiger partial charge in [0.2, 0.25) is 0 Å². The molecule has 1 fully saturated rings. The van der Waals surface area contributed by atoms with Crippen molar-refractivity contribution in [1.82, 2.24) is 14.0 Å². The number of hydrogen-bond donors (Lipinski definition) is 0. The number of pyridine rings is 1. The first-order valence-electron chi connectivity index (χ1n) is 11.6. The smallest absolute Gasteiger partial charge is 0.347 e. The monoisotopic (exact) mass is 463 g/mol. The van der Waals surface area contributed by atoms with Gasteiger partial charge in [-0.15, -0.1) is 0 Å². The summed E-state index contributed by atoms with van der Waals surface area (Å²) >= 11 is 0. The van der Waals surface area contributed by atoms with Gasteiger partial charge in [0.05, 0.1) is 16.8 Å². The third-order valence-electron chi connectivity index (χ3n) is 7.42. The van der Waals surface area contributed by atoms with Crippen LogP contribution in [0.2, 0.25) is 0 Å². The third kappa shape index (κ3) is 3.29. The maximum Gasteiger partial charge on any atom is 0.416 e. The van der Waals surface area contributed by atoms with E-state index in [-0.39, 0.29) is 5.56 Å². The van der Waals surface area contributed by atoms with Gasteiger partial charge < -0.3 is 4.57 Å². The number of alkyl halides is 3. The zero-order valence-corrected chi connectivity index (χ0v) is 18.8. The average Bonchev–Trinajstić information content (AvgIpc) is 3.41. The molecule has 0 saturated carbocycles. The number of aromatic nitrogens is 2. The van der Waals surface area contributed by atoms with E-state index in [9.17, 15) is 18.0 Å². The van der Waals surface area contributed by atoms with Crippen LogP contribution < -0.4 is 5.56 Å². The summed E-state index contributed by atoms with van der Waals surface area (Å²) in [6.45, 7) is 2.26. The fraction of sp³-hybridized carbons (Fsp3) is 0.296. The Morgan fingerprint density at radius 2 is 1.74 bits per heavy atom. The Morgan fingerprint density at radius 3 is 2.47 bits per heavy atom. The van der Waals surface area contributed by atoms with E-state index in [0.717, 1.165) is 36.3 Å². The van der Waals surface area contributed by atoms with E-state index in [1.807, 2.05) is 6.07 Å². The molecule has 0 amide bonds. The number of fused-ring (bicyclic) bond motifs is 5. The second kappa shape index (κ2) is 7.60. The highest BCUT2D eigenvalue weighted by Crippen LogP contribution is 2.43. The predicted octanol–water partition coefficient (Wildman–Crippen LogP) is 5.71. The molecule has 34 heavy (non-hydrogen) atoms. The summed E-state index contributed by atoms with van der Waals surface area (Å²) in [5, 5.41) is 1.26. The number of nitrogens with zero attached hydrogens (tertiary/aromatic N) is 3. The Labute approximate surface area is 194 Å². The fourth-order valence-electron chi connectivity index (χ4n) is 5.72. The summed E-state index contributed by atoms with van der Waals surface area (Å²) in [7, 11) is 2.10. The van der Waals surface area contributed by atoms with Crippen LogP contribution in [0.25, 0.3) is 27.7 Å². The summed E-state index contributed by atoms with van der Waals surface area (Å²) in [6.07, 6.45) is 0.775. The number of benzene rings is 2. The number of aryl methyl sites for hydroxylation is 1. The molecular weight excluding hydrogens is 439 g/mol. The Hall–Kier alpha value is -3.32. The highest BCUT2D eigenvalue weighted by Gasteiger charge is 2.34. The molecule has 4 nitrogen and oxygen atoms in total. The summed E-state index contributed by atoms with van der Waals surface area (Å²) in [5.74, 6) is 0. The van der Waals surface area contributed by atoms with Crippen LogP contribution in [0.15, 0.2) is 65.6 Å². The molecule has 2 aliphatic heterocycles. The molecule has 4 heterocycles. The average molecular weight is 464 g/mol. The first kappa shape index (κ1) is 21.2. The maximum absolute atomic E-state index is 13.0. The lowest BCUT2D eigenvalue weighted by Gasteiger charge is -2.30. The summed E-state index contributed by atoms with van der Waals surface area (Å²) in [4.78, 5) is 15.6. The molecule has 0 aliphatic carbocycles. The number of rotatable bonds is 2. The van der Waals surface area contributed by atoms with E-state index >= 15 is 0 Å². The summed E-state index contributed by atoms with van der Waals surface area (Å²) in [6, 6.07) is 14.8. The first-order valence-corrected chi connectivity index (χ1v) is 11.6. The van der Waals surface area contributed by atoms with Crippen molar-refractivity contribution in [2.75, 3.05) is 13.1 Å². The van der Waals surface area contributed by atoms with E-state index in [1.54, 1.807) is 16.8 Å². The van der Waals surface area contributed by atoms with Crippen LogP contribution >= 0.6 is 0 Å². The predicted molar refractivity (Wildman–Crippen MR) is 126 cm³/mol. The van der Waals surface area contributed by atoms with Crippen molar-refractivity contribution in [3.05, 3.63) is 88.0 Å². The highest BCUT2D eigenvalue weighted by molar-refractivity contribution is 5.88. The van der Waals surface area contributed by atoms with Gasteiger partial charge in [-0.2, -0.15) is 13.2 Å². The summed E-state index contributed by atoms with van der Waals surface area (Å²) < 4.78 is 42.4. The van der Waals surface area contributed by atoms with Gasteiger partial charge in [-0.1, -0.05) is 18.2 Å². The molecule has 2 aromatic heterocycles. The van der Waals surface area contributed by atoms with Crippen molar-refractivity contribution in [2.45, 2.75) is 31.5 Å². The third-order valence-corrected chi connectivity index (χ3v) is 7.42. The molecule has 0 radical (unpaired) electrons.